The van der Waals surface area contributed by atoms with Gasteiger partial charge in [0.2, 0.25) is 5.91 Å². The molecule has 0 fully saturated rings. The molecule has 0 aliphatic carbocycles. The van der Waals surface area contributed by atoms with Gasteiger partial charge in [-0.05, 0) is 32.1 Å². The monoisotopic (exact) mass is 605 g/mol. The lowest BCUT2D eigenvalue weighted by Crippen LogP contribution is -2.27. The Bertz CT molecular complexity index is 704. The van der Waals surface area contributed by atoms with Crippen LogP contribution in [0.4, 0.5) is 0 Å². The second-order valence-corrected chi connectivity index (χ2v) is 12.2. The predicted molar refractivity (Wildman–Crippen MR) is 165 cm³/mol. The van der Waals surface area contributed by atoms with Gasteiger partial charge >= 0.3 is 13.8 Å². The molecular formula is C31H60NO8P. The molecule has 0 aliphatic rings. The summed E-state index contributed by atoms with van der Waals surface area (Å²) in [5.41, 5.74) is 0. The van der Waals surface area contributed by atoms with Crippen LogP contribution in [-0.4, -0.2) is 54.3 Å². The molecule has 0 saturated heterocycles. The summed E-state index contributed by atoms with van der Waals surface area (Å²) in [7, 11) is -4.40. The van der Waals surface area contributed by atoms with Crippen LogP contribution in [0.25, 0.3) is 0 Å². The number of esters is 1. The first-order valence-electron chi connectivity index (χ1n) is 16.2. The van der Waals surface area contributed by atoms with E-state index in [0.29, 0.717) is 6.42 Å². The molecule has 0 saturated carbocycles. The molecule has 3 N–H and O–H groups in total. The number of carbonyl (C=O) groups excluding carboxylic acids is 2. The van der Waals surface area contributed by atoms with Crippen molar-refractivity contribution in [3.8, 4) is 0 Å². The molecule has 1 amide bonds. The largest absolute Gasteiger partial charge is 0.472 e. The standard InChI is InChI=1S/C31H60NO8P/c1-3-5-7-9-11-13-15-17-19-21-23-30(34)32-25-26-39-41(36,37)40-28-29(33)27-38-31(35)24-22-20-18-16-14-12-10-8-6-4-2/h7,9,29,33H,3-6,8,10-28H2,1-2H3,(H,32,34)(H,36,37)/b9-7-. The number of hydrogen-bond acceptors (Lipinski definition) is 7. The van der Waals surface area contributed by atoms with Crippen LogP contribution >= 0.6 is 7.82 Å². The molecule has 0 spiro atoms. The summed E-state index contributed by atoms with van der Waals surface area (Å²) in [4.78, 5) is 33.5. The minimum atomic E-state index is -4.40. The number of phosphoric ester groups is 1. The summed E-state index contributed by atoms with van der Waals surface area (Å²) in [6, 6.07) is 0. The maximum atomic E-state index is 12.0. The van der Waals surface area contributed by atoms with Crippen molar-refractivity contribution in [1.29, 1.82) is 0 Å². The van der Waals surface area contributed by atoms with Crippen molar-refractivity contribution in [2.24, 2.45) is 0 Å². The number of aliphatic hydroxyl groups excluding tert-OH is 1. The summed E-state index contributed by atoms with van der Waals surface area (Å²) in [6.45, 7) is 3.44. The first-order chi connectivity index (χ1) is 19.8. The van der Waals surface area contributed by atoms with Crippen LogP contribution in [-0.2, 0) is 27.9 Å². The second kappa shape index (κ2) is 28.9. The summed E-state index contributed by atoms with van der Waals surface area (Å²) < 4.78 is 26.6. The number of rotatable bonds is 30. The Hall–Kier alpha value is -1.25. The van der Waals surface area contributed by atoms with Gasteiger partial charge in [0.05, 0.1) is 13.2 Å². The molecule has 41 heavy (non-hydrogen) atoms. The fourth-order valence-electron chi connectivity index (χ4n) is 4.20. The molecule has 9 nitrogen and oxygen atoms in total. The SMILES string of the molecule is CCC/C=C\CCCCCCCC(=O)NCCOP(=O)(O)OCC(O)COC(=O)CCCCCCCCCCCC. The lowest BCUT2D eigenvalue weighted by Gasteiger charge is -2.15. The molecule has 0 radical (unpaired) electrons. The van der Waals surface area contributed by atoms with Gasteiger partial charge in [-0.15, -0.1) is 0 Å². The van der Waals surface area contributed by atoms with Gasteiger partial charge < -0.3 is 20.1 Å². The Morgan fingerprint density at radius 1 is 0.732 bits per heavy atom. The Kier molecular flexibility index (Phi) is 28.0. The number of ether oxygens (including phenoxy) is 1. The van der Waals surface area contributed by atoms with Crippen LogP contribution in [0.1, 0.15) is 142 Å². The quantitative estimate of drug-likeness (QED) is 0.0331. The second-order valence-electron chi connectivity index (χ2n) is 10.8. The summed E-state index contributed by atoms with van der Waals surface area (Å²) in [5, 5.41) is 12.6. The number of hydrogen-bond donors (Lipinski definition) is 3. The number of carbonyl (C=O) groups is 2. The number of unbranched alkanes of at least 4 members (excludes halogenated alkanes) is 15. The highest BCUT2D eigenvalue weighted by atomic mass is 31.2. The summed E-state index contributed by atoms with van der Waals surface area (Å²) >= 11 is 0. The van der Waals surface area contributed by atoms with Crippen molar-refractivity contribution in [3.63, 3.8) is 0 Å². The highest BCUT2D eigenvalue weighted by Gasteiger charge is 2.23. The first-order valence-corrected chi connectivity index (χ1v) is 17.7. The van der Waals surface area contributed by atoms with E-state index in [1.54, 1.807) is 0 Å². The van der Waals surface area contributed by atoms with Gasteiger partial charge in [-0.2, -0.15) is 0 Å². The fraction of sp³-hybridized carbons (Fsp3) is 0.871. The van der Waals surface area contributed by atoms with Gasteiger partial charge in [0.25, 0.3) is 0 Å². The molecule has 0 aromatic rings. The van der Waals surface area contributed by atoms with E-state index in [9.17, 15) is 24.2 Å². The van der Waals surface area contributed by atoms with Gasteiger partial charge in [-0.1, -0.05) is 109 Å². The number of nitrogens with one attached hydrogen (secondary N) is 1. The van der Waals surface area contributed by atoms with Crippen LogP contribution in [0.3, 0.4) is 0 Å². The fourth-order valence-corrected chi connectivity index (χ4v) is 4.96. The van der Waals surface area contributed by atoms with Crippen molar-refractivity contribution < 1.29 is 37.9 Å². The van der Waals surface area contributed by atoms with Gasteiger partial charge in [-0.25, -0.2) is 4.57 Å². The Morgan fingerprint density at radius 2 is 1.29 bits per heavy atom. The predicted octanol–water partition coefficient (Wildman–Crippen LogP) is 7.54. The maximum absolute atomic E-state index is 12.0. The van der Waals surface area contributed by atoms with Gasteiger partial charge in [-0.3, -0.25) is 18.6 Å². The Morgan fingerprint density at radius 3 is 1.93 bits per heavy atom. The molecular weight excluding hydrogens is 545 g/mol. The minimum Gasteiger partial charge on any atom is -0.463 e. The third kappa shape index (κ3) is 30.0. The van der Waals surface area contributed by atoms with Crippen LogP contribution in [0.5, 0.6) is 0 Å². The van der Waals surface area contributed by atoms with E-state index in [4.69, 9.17) is 13.8 Å². The number of phosphoric acid groups is 1. The molecule has 0 bridgehead atoms. The average molecular weight is 606 g/mol. The van der Waals surface area contributed by atoms with E-state index < -0.39 is 26.5 Å². The van der Waals surface area contributed by atoms with Crippen molar-refractivity contribution in [2.45, 2.75) is 148 Å². The lowest BCUT2D eigenvalue weighted by molar-refractivity contribution is -0.147. The topological polar surface area (TPSA) is 131 Å². The first kappa shape index (κ1) is 39.8. The molecule has 0 aromatic carbocycles. The van der Waals surface area contributed by atoms with E-state index in [0.717, 1.165) is 57.8 Å². The Balaban J connectivity index is 3.67. The maximum Gasteiger partial charge on any atom is 0.472 e. The third-order valence-corrected chi connectivity index (χ3v) is 7.66. The van der Waals surface area contributed by atoms with Gasteiger partial charge in [0.1, 0.15) is 12.7 Å². The van der Waals surface area contributed by atoms with Crippen molar-refractivity contribution in [2.75, 3.05) is 26.4 Å². The summed E-state index contributed by atoms with van der Waals surface area (Å²) in [6.07, 6.45) is 24.3. The smallest absolute Gasteiger partial charge is 0.463 e. The molecule has 0 aromatic heterocycles. The average Bonchev–Trinajstić information content (AvgIpc) is 2.95. The molecule has 242 valence electrons. The van der Waals surface area contributed by atoms with E-state index in [1.165, 1.54) is 57.8 Å². The molecule has 0 rings (SSSR count). The highest BCUT2D eigenvalue weighted by Crippen LogP contribution is 2.42. The molecule has 10 heteroatoms. The van der Waals surface area contributed by atoms with Crippen LogP contribution in [0, 0.1) is 0 Å². The minimum absolute atomic E-state index is 0.0793. The third-order valence-electron chi connectivity index (χ3n) is 6.68. The van der Waals surface area contributed by atoms with E-state index >= 15 is 0 Å². The lowest BCUT2D eigenvalue weighted by atomic mass is 10.1. The molecule has 2 unspecified atom stereocenters. The van der Waals surface area contributed by atoms with Gasteiger partial charge in [0.15, 0.2) is 0 Å². The van der Waals surface area contributed by atoms with Gasteiger partial charge in [0, 0.05) is 19.4 Å². The Labute approximate surface area is 249 Å². The van der Waals surface area contributed by atoms with Crippen LogP contribution in [0.2, 0.25) is 0 Å². The van der Waals surface area contributed by atoms with E-state index in [-0.39, 0.29) is 32.1 Å². The van der Waals surface area contributed by atoms with Crippen molar-refractivity contribution >= 4 is 19.7 Å². The number of allylic oxidation sites excluding steroid dienone is 2. The van der Waals surface area contributed by atoms with Crippen molar-refractivity contribution in [3.05, 3.63) is 12.2 Å². The van der Waals surface area contributed by atoms with Crippen LogP contribution < -0.4 is 5.32 Å². The number of aliphatic hydroxyl groups is 1. The zero-order valence-corrected chi connectivity index (χ0v) is 26.9. The number of amides is 1. The summed E-state index contributed by atoms with van der Waals surface area (Å²) in [5.74, 6) is -0.530. The molecule has 0 aliphatic heterocycles. The highest BCUT2D eigenvalue weighted by molar-refractivity contribution is 7.47. The van der Waals surface area contributed by atoms with Crippen molar-refractivity contribution in [1.82, 2.24) is 5.32 Å². The molecule has 2 atom stereocenters. The van der Waals surface area contributed by atoms with E-state index in [1.807, 2.05) is 0 Å². The zero-order valence-electron chi connectivity index (χ0n) is 26.0. The normalized spacial score (nSPS) is 13.8. The zero-order chi connectivity index (χ0) is 30.4. The van der Waals surface area contributed by atoms with E-state index in [2.05, 4.69) is 31.3 Å². The van der Waals surface area contributed by atoms with Crippen LogP contribution in [0.15, 0.2) is 12.2 Å². The molecule has 0 heterocycles.